The van der Waals surface area contributed by atoms with Crippen LogP contribution in [0.2, 0.25) is 0 Å². The highest BCUT2D eigenvalue weighted by molar-refractivity contribution is 5.77. The minimum atomic E-state index is -0.138. The van der Waals surface area contributed by atoms with E-state index in [0.717, 1.165) is 42.3 Å². The van der Waals surface area contributed by atoms with E-state index in [4.69, 9.17) is 4.74 Å². The molecule has 7 nitrogen and oxygen atoms in total. The molecular weight excluding hydrogens is 306 g/mol. The standard InChI is InChI=1S/C17H23N5O2/c1-12-20-21-16-8-7-14(10-22(12)16)19-9-13-5-3-4-6-15(13)24-11-17(23)18-2/h3-6,14,19H,7-11H2,1-2H3,(H,18,23)/t14-/m1/s1. The maximum atomic E-state index is 11.4. The van der Waals surface area contributed by atoms with Crippen molar-refractivity contribution in [2.45, 2.75) is 38.9 Å². The number of rotatable bonds is 6. The first-order valence-electron chi connectivity index (χ1n) is 8.20. The monoisotopic (exact) mass is 329 g/mol. The fraction of sp³-hybridized carbons (Fsp3) is 0.471. The second kappa shape index (κ2) is 7.44. The van der Waals surface area contributed by atoms with Crippen LogP contribution in [0.1, 0.15) is 23.6 Å². The Morgan fingerprint density at radius 3 is 3.04 bits per heavy atom. The molecule has 3 rings (SSSR count). The molecule has 0 unspecified atom stereocenters. The Balaban J connectivity index is 1.59. The van der Waals surface area contributed by atoms with Gasteiger partial charge in [0.25, 0.3) is 5.91 Å². The van der Waals surface area contributed by atoms with Crippen molar-refractivity contribution in [2.24, 2.45) is 0 Å². The molecule has 1 aromatic heterocycles. The molecule has 0 radical (unpaired) electrons. The van der Waals surface area contributed by atoms with Gasteiger partial charge in [-0.1, -0.05) is 18.2 Å². The van der Waals surface area contributed by atoms with Crippen LogP contribution in [-0.4, -0.2) is 40.4 Å². The third-order valence-corrected chi connectivity index (χ3v) is 4.32. The lowest BCUT2D eigenvalue weighted by atomic mass is 10.1. The number of hydrogen-bond donors (Lipinski definition) is 2. The first-order valence-corrected chi connectivity index (χ1v) is 8.20. The third kappa shape index (κ3) is 3.73. The Labute approximate surface area is 141 Å². The zero-order valence-corrected chi connectivity index (χ0v) is 14.1. The van der Waals surface area contributed by atoms with Crippen molar-refractivity contribution in [1.82, 2.24) is 25.4 Å². The number of hydrogen-bond acceptors (Lipinski definition) is 5. The summed E-state index contributed by atoms with van der Waals surface area (Å²) in [6.07, 6.45) is 1.98. The smallest absolute Gasteiger partial charge is 0.257 e. The van der Waals surface area contributed by atoms with E-state index in [1.807, 2.05) is 31.2 Å². The molecule has 0 bridgehead atoms. The highest BCUT2D eigenvalue weighted by atomic mass is 16.5. The van der Waals surface area contributed by atoms with Crippen molar-refractivity contribution in [3.8, 4) is 5.75 Å². The Bertz CT molecular complexity index is 713. The van der Waals surface area contributed by atoms with E-state index >= 15 is 0 Å². The van der Waals surface area contributed by atoms with Crippen LogP contribution in [0.5, 0.6) is 5.75 Å². The van der Waals surface area contributed by atoms with E-state index in [2.05, 4.69) is 25.4 Å². The molecule has 7 heteroatoms. The summed E-state index contributed by atoms with van der Waals surface area (Å²) in [5.41, 5.74) is 1.05. The zero-order valence-electron chi connectivity index (χ0n) is 14.1. The molecule has 2 heterocycles. The number of nitrogens with zero attached hydrogens (tertiary/aromatic N) is 3. The van der Waals surface area contributed by atoms with Crippen LogP contribution in [0.4, 0.5) is 0 Å². The number of para-hydroxylation sites is 1. The second-order valence-corrected chi connectivity index (χ2v) is 5.96. The summed E-state index contributed by atoms with van der Waals surface area (Å²) in [7, 11) is 1.60. The van der Waals surface area contributed by atoms with Gasteiger partial charge >= 0.3 is 0 Å². The Morgan fingerprint density at radius 2 is 2.21 bits per heavy atom. The summed E-state index contributed by atoms with van der Waals surface area (Å²) < 4.78 is 7.79. The number of carbonyl (C=O) groups excluding carboxylic acids is 1. The van der Waals surface area contributed by atoms with E-state index in [1.165, 1.54) is 0 Å². The summed E-state index contributed by atoms with van der Waals surface area (Å²) in [5.74, 6) is 2.64. The van der Waals surface area contributed by atoms with Gasteiger partial charge in [0.05, 0.1) is 0 Å². The largest absolute Gasteiger partial charge is 0.483 e. The average molecular weight is 329 g/mol. The minimum Gasteiger partial charge on any atom is -0.483 e. The number of aromatic nitrogens is 3. The molecule has 0 aliphatic carbocycles. The first kappa shape index (κ1) is 16.4. The van der Waals surface area contributed by atoms with Crippen LogP contribution >= 0.6 is 0 Å². The molecule has 1 amide bonds. The van der Waals surface area contributed by atoms with E-state index in [-0.39, 0.29) is 12.5 Å². The van der Waals surface area contributed by atoms with Crippen molar-refractivity contribution in [3.05, 3.63) is 41.5 Å². The van der Waals surface area contributed by atoms with Crippen LogP contribution in [0, 0.1) is 6.92 Å². The fourth-order valence-corrected chi connectivity index (χ4v) is 2.89. The third-order valence-electron chi connectivity index (χ3n) is 4.32. The summed E-state index contributed by atoms with van der Waals surface area (Å²) in [5, 5.41) is 14.5. The van der Waals surface area contributed by atoms with E-state index in [0.29, 0.717) is 12.6 Å². The molecule has 1 aliphatic heterocycles. The highest BCUT2D eigenvalue weighted by Crippen LogP contribution is 2.19. The van der Waals surface area contributed by atoms with E-state index in [1.54, 1.807) is 7.05 Å². The number of ether oxygens (including phenoxy) is 1. The summed E-state index contributed by atoms with van der Waals surface area (Å²) in [6, 6.07) is 8.18. The van der Waals surface area contributed by atoms with E-state index < -0.39 is 0 Å². The van der Waals surface area contributed by atoms with Gasteiger partial charge in [0.15, 0.2) is 6.61 Å². The fourth-order valence-electron chi connectivity index (χ4n) is 2.89. The number of fused-ring (bicyclic) bond motifs is 1. The van der Waals surface area contributed by atoms with Gasteiger partial charge in [-0.2, -0.15) is 0 Å². The lowest BCUT2D eigenvalue weighted by Crippen LogP contribution is -2.37. The highest BCUT2D eigenvalue weighted by Gasteiger charge is 2.21. The topological polar surface area (TPSA) is 81.1 Å². The lowest BCUT2D eigenvalue weighted by Gasteiger charge is -2.25. The molecule has 2 N–H and O–H groups in total. The molecule has 0 spiro atoms. The Morgan fingerprint density at radius 1 is 1.38 bits per heavy atom. The number of carbonyl (C=O) groups is 1. The van der Waals surface area contributed by atoms with Crippen LogP contribution in [0.3, 0.4) is 0 Å². The number of aryl methyl sites for hydroxylation is 2. The Kier molecular flexibility index (Phi) is 5.10. The Hall–Kier alpha value is -2.41. The maximum absolute atomic E-state index is 11.4. The summed E-state index contributed by atoms with van der Waals surface area (Å²) in [6.45, 7) is 3.60. The molecule has 1 aromatic carbocycles. The van der Waals surface area contributed by atoms with Crippen molar-refractivity contribution in [1.29, 1.82) is 0 Å². The van der Waals surface area contributed by atoms with Gasteiger partial charge in [-0.25, -0.2) is 0 Å². The van der Waals surface area contributed by atoms with Crippen LogP contribution in [0.15, 0.2) is 24.3 Å². The zero-order chi connectivity index (χ0) is 16.9. The predicted octanol–water partition coefficient (Wildman–Crippen LogP) is 0.816. The molecule has 0 fully saturated rings. The van der Waals surface area contributed by atoms with Crippen LogP contribution in [0.25, 0.3) is 0 Å². The average Bonchev–Trinajstić information content (AvgIpc) is 2.99. The molecule has 0 saturated carbocycles. The summed E-state index contributed by atoms with van der Waals surface area (Å²) in [4.78, 5) is 11.4. The molecule has 128 valence electrons. The van der Waals surface area contributed by atoms with Gasteiger partial charge in [-0.05, 0) is 19.4 Å². The van der Waals surface area contributed by atoms with Crippen molar-refractivity contribution < 1.29 is 9.53 Å². The lowest BCUT2D eigenvalue weighted by molar-refractivity contribution is -0.122. The maximum Gasteiger partial charge on any atom is 0.257 e. The number of benzene rings is 1. The number of amides is 1. The normalized spacial score (nSPS) is 16.5. The van der Waals surface area contributed by atoms with Crippen LogP contribution < -0.4 is 15.4 Å². The van der Waals surface area contributed by atoms with Crippen molar-refractivity contribution in [2.75, 3.05) is 13.7 Å². The van der Waals surface area contributed by atoms with Crippen molar-refractivity contribution in [3.63, 3.8) is 0 Å². The van der Waals surface area contributed by atoms with Gasteiger partial charge in [0.1, 0.15) is 17.4 Å². The SMILES string of the molecule is CNC(=O)COc1ccccc1CN[C@@H]1CCc2nnc(C)n2C1. The predicted molar refractivity (Wildman–Crippen MR) is 89.7 cm³/mol. The summed E-state index contributed by atoms with van der Waals surface area (Å²) >= 11 is 0. The quantitative estimate of drug-likeness (QED) is 0.820. The molecule has 1 aliphatic rings. The molecule has 0 saturated heterocycles. The minimum absolute atomic E-state index is 0.0280. The molecule has 2 aromatic rings. The molecular formula is C17H23N5O2. The van der Waals surface area contributed by atoms with Gasteiger partial charge < -0.3 is 19.9 Å². The van der Waals surface area contributed by atoms with Gasteiger partial charge in [0, 0.05) is 38.2 Å². The molecule has 24 heavy (non-hydrogen) atoms. The van der Waals surface area contributed by atoms with Crippen LogP contribution in [-0.2, 0) is 24.3 Å². The first-order chi connectivity index (χ1) is 11.7. The second-order valence-electron chi connectivity index (χ2n) is 5.96. The van der Waals surface area contributed by atoms with Gasteiger partial charge in [0.2, 0.25) is 0 Å². The van der Waals surface area contributed by atoms with Gasteiger partial charge in [-0.15, -0.1) is 10.2 Å². The molecule has 1 atom stereocenters. The number of nitrogens with one attached hydrogen (secondary N) is 2. The number of likely N-dealkylation sites (N-methyl/N-ethyl adjacent to an activating group) is 1. The van der Waals surface area contributed by atoms with Gasteiger partial charge in [-0.3, -0.25) is 4.79 Å². The van der Waals surface area contributed by atoms with E-state index in [9.17, 15) is 4.79 Å². The van der Waals surface area contributed by atoms with Crippen molar-refractivity contribution >= 4 is 5.91 Å².